The lowest BCUT2D eigenvalue weighted by molar-refractivity contribution is -0.168. The third kappa shape index (κ3) is 4.39. The van der Waals surface area contributed by atoms with Gasteiger partial charge in [0.1, 0.15) is 17.4 Å². The highest BCUT2D eigenvalue weighted by Crippen LogP contribution is 2.23. The number of rotatable bonds is 6. The molecule has 0 heterocycles. The van der Waals surface area contributed by atoms with E-state index in [0.717, 1.165) is 6.07 Å². The van der Waals surface area contributed by atoms with Gasteiger partial charge in [-0.15, -0.1) is 0 Å². The van der Waals surface area contributed by atoms with Crippen LogP contribution in [-0.4, -0.2) is 23.9 Å². The largest absolute Gasteiger partial charge is 0.389 e. The summed E-state index contributed by atoms with van der Waals surface area (Å²) in [5, 5.41) is 0. The lowest BCUT2D eigenvalue weighted by Gasteiger charge is -2.15. The summed E-state index contributed by atoms with van der Waals surface area (Å²) in [6.07, 6.45) is -3.83. The number of hydrogen-bond acceptors (Lipinski definition) is 2. The highest BCUT2D eigenvalue weighted by molar-refractivity contribution is 7.80. The molecule has 1 aromatic rings. The van der Waals surface area contributed by atoms with Crippen LogP contribution in [0.25, 0.3) is 0 Å². The molecule has 1 aromatic carbocycles. The van der Waals surface area contributed by atoms with Crippen molar-refractivity contribution in [3.05, 3.63) is 35.1 Å². The third-order valence-corrected chi connectivity index (χ3v) is 2.44. The number of hydrogen-bond donors (Lipinski definition) is 1. The molecule has 2 nitrogen and oxygen atoms in total. The minimum absolute atomic E-state index is 0.000778. The van der Waals surface area contributed by atoms with E-state index < -0.39 is 31.4 Å². The second kappa shape index (κ2) is 6.25. The van der Waals surface area contributed by atoms with Crippen LogP contribution in [0.3, 0.4) is 0 Å². The molecule has 0 bridgehead atoms. The van der Waals surface area contributed by atoms with Crippen LogP contribution in [0.1, 0.15) is 11.1 Å². The van der Waals surface area contributed by atoms with Crippen molar-refractivity contribution in [1.82, 2.24) is 0 Å². The van der Waals surface area contributed by atoms with E-state index >= 15 is 0 Å². The molecular formula is C11H10F5NOS. The second-order valence-corrected chi connectivity index (χ2v) is 4.16. The van der Waals surface area contributed by atoms with E-state index in [1.807, 2.05) is 0 Å². The normalized spacial score (nSPS) is 11.9. The summed E-state index contributed by atoms with van der Waals surface area (Å²) in [6.45, 7) is -2.08. The van der Waals surface area contributed by atoms with Gasteiger partial charge in [-0.05, 0) is 18.2 Å². The molecule has 0 aliphatic heterocycles. The SMILES string of the molecule is NC(=S)c1ccc(F)c(COCC(F)(F)C(F)F)c1. The first-order chi connectivity index (χ1) is 8.74. The van der Waals surface area contributed by atoms with Gasteiger partial charge in [-0.1, -0.05) is 12.2 Å². The molecule has 0 saturated heterocycles. The number of alkyl halides is 4. The Kier molecular flexibility index (Phi) is 5.19. The van der Waals surface area contributed by atoms with Gasteiger partial charge in [0, 0.05) is 11.1 Å². The average Bonchev–Trinajstić information content (AvgIpc) is 2.30. The highest BCUT2D eigenvalue weighted by Gasteiger charge is 2.40. The van der Waals surface area contributed by atoms with Crippen LogP contribution < -0.4 is 5.73 Å². The molecule has 106 valence electrons. The second-order valence-electron chi connectivity index (χ2n) is 3.72. The van der Waals surface area contributed by atoms with Crippen molar-refractivity contribution in [1.29, 1.82) is 0 Å². The first-order valence-electron chi connectivity index (χ1n) is 5.06. The quantitative estimate of drug-likeness (QED) is 0.648. The van der Waals surface area contributed by atoms with Crippen molar-refractivity contribution in [3.63, 3.8) is 0 Å². The smallest absolute Gasteiger partial charge is 0.330 e. The van der Waals surface area contributed by atoms with Gasteiger partial charge in [0.25, 0.3) is 0 Å². The maximum atomic E-state index is 13.3. The first kappa shape index (κ1) is 15.8. The number of halogens is 5. The summed E-state index contributed by atoms with van der Waals surface area (Å²) in [6, 6.07) is 3.57. The molecule has 0 aliphatic carbocycles. The topological polar surface area (TPSA) is 35.2 Å². The number of benzene rings is 1. The summed E-state index contributed by atoms with van der Waals surface area (Å²) in [4.78, 5) is -0.000778. The number of nitrogens with two attached hydrogens (primary N) is 1. The monoisotopic (exact) mass is 299 g/mol. The van der Waals surface area contributed by atoms with Gasteiger partial charge in [-0.25, -0.2) is 13.2 Å². The van der Waals surface area contributed by atoms with E-state index in [0.29, 0.717) is 5.56 Å². The lowest BCUT2D eigenvalue weighted by Crippen LogP contribution is -2.32. The third-order valence-electron chi connectivity index (χ3n) is 2.20. The van der Waals surface area contributed by atoms with Crippen molar-refractivity contribution in [3.8, 4) is 0 Å². The molecule has 0 radical (unpaired) electrons. The maximum absolute atomic E-state index is 13.3. The van der Waals surface area contributed by atoms with Gasteiger partial charge < -0.3 is 10.5 Å². The summed E-state index contributed by atoms with van der Waals surface area (Å²) >= 11 is 4.67. The van der Waals surface area contributed by atoms with Crippen molar-refractivity contribution in [2.24, 2.45) is 5.73 Å². The van der Waals surface area contributed by atoms with E-state index in [1.54, 1.807) is 0 Å². The lowest BCUT2D eigenvalue weighted by atomic mass is 10.1. The van der Waals surface area contributed by atoms with E-state index in [-0.39, 0.29) is 10.6 Å². The predicted molar refractivity (Wildman–Crippen MR) is 62.9 cm³/mol. The summed E-state index contributed by atoms with van der Waals surface area (Å²) < 4.78 is 66.5. The van der Waals surface area contributed by atoms with Crippen LogP contribution in [0.15, 0.2) is 18.2 Å². The molecule has 1 rings (SSSR count). The maximum Gasteiger partial charge on any atom is 0.330 e. The molecule has 0 aliphatic rings. The Balaban J connectivity index is 2.68. The fourth-order valence-electron chi connectivity index (χ4n) is 1.20. The standard InChI is InChI=1S/C11H10F5NOS/c12-8-2-1-6(9(17)19)3-7(8)4-18-5-11(15,16)10(13)14/h1-3,10H,4-5H2,(H2,17,19). The van der Waals surface area contributed by atoms with Crippen LogP contribution in [-0.2, 0) is 11.3 Å². The minimum atomic E-state index is -4.27. The van der Waals surface area contributed by atoms with Gasteiger partial charge in [0.15, 0.2) is 0 Å². The van der Waals surface area contributed by atoms with Crippen molar-refractivity contribution < 1.29 is 26.7 Å². The van der Waals surface area contributed by atoms with E-state index in [1.165, 1.54) is 12.1 Å². The van der Waals surface area contributed by atoms with Gasteiger partial charge in [0.2, 0.25) is 0 Å². The van der Waals surface area contributed by atoms with Crippen molar-refractivity contribution in [2.45, 2.75) is 19.0 Å². The van der Waals surface area contributed by atoms with E-state index in [4.69, 9.17) is 5.73 Å². The van der Waals surface area contributed by atoms with E-state index in [2.05, 4.69) is 17.0 Å². The average molecular weight is 299 g/mol. The Bertz CT molecular complexity index is 466. The molecule has 19 heavy (non-hydrogen) atoms. The van der Waals surface area contributed by atoms with Crippen LogP contribution in [0.5, 0.6) is 0 Å². The Hall–Kier alpha value is -1.28. The molecule has 0 amide bonds. The zero-order valence-corrected chi connectivity index (χ0v) is 10.3. The molecule has 0 aromatic heterocycles. The molecular weight excluding hydrogens is 289 g/mol. The number of thiocarbonyl (C=S) groups is 1. The van der Waals surface area contributed by atoms with Crippen LogP contribution >= 0.6 is 12.2 Å². The predicted octanol–water partition coefficient (Wildman–Crippen LogP) is 2.88. The zero-order chi connectivity index (χ0) is 14.6. The van der Waals surface area contributed by atoms with E-state index in [9.17, 15) is 22.0 Å². The Morgan fingerprint density at radius 1 is 1.37 bits per heavy atom. The van der Waals surface area contributed by atoms with Crippen LogP contribution in [0.4, 0.5) is 22.0 Å². The molecule has 0 spiro atoms. The fraction of sp³-hybridized carbons (Fsp3) is 0.364. The Labute approximate surface area is 111 Å². The number of ether oxygens (including phenoxy) is 1. The van der Waals surface area contributed by atoms with Crippen LogP contribution in [0, 0.1) is 5.82 Å². The summed E-state index contributed by atoms with van der Waals surface area (Å²) in [5.74, 6) is -4.99. The Morgan fingerprint density at radius 3 is 2.53 bits per heavy atom. The van der Waals surface area contributed by atoms with Gasteiger partial charge in [-0.3, -0.25) is 0 Å². The van der Waals surface area contributed by atoms with Gasteiger partial charge in [0.05, 0.1) is 6.61 Å². The summed E-state index contributed by atoms with van der Waals surface area (Å²) in [7, 11) is 0. The Morgan fingerprint density at radius 2 is 2.00 bits per heavy atom. The minimum Gasteiger partial charge on any atom is -0.389 e. The zero-order valence-electron chi connectivity index (χ0n) is 9.51. The van der Waals surface area contributed by atoms with Gasteiger partial charge in [-0.2, -0.15) is 8.78 Å². The van der Waals surface area contributed by atoms with Crippen molar-refractivity contribution >= 4 is 17.2 Å². The molecule has 2 N–H and O–H groups in total. The molecule has 8 heteroatoms. The fourth-order valence-corrected chi connectivity index (χ4v) is 1.33. The summed E-state index contributed by atoms with van der Waals surface area (Å²) in [5.41, 5.74) is 5.56. The van der Waals surface area contributed by atoms with Crippen molar-refractivity contribution in [2.75, 3.05) is 6.61 Å². The molecule has 0 unspecified atom stereocenters. The molecule has 0 atom stereocenters. The first-order valence-corrected chi connectivity index (χ1v) is 5.47. The highest BCUT2D eigenvalue weighted by atomic mass is 32.1. The van der Waals surface area contributed by atoms with Crippen LogP contribution in [0.2, 0.25) is 0 Å². The molecule has 0 fully saturated rings. The van der Waals surface area contributed by atoms with Gasteiger partial charge >= 0.3 is 12.3 Å². The molecule has 0 saturated carbocycles.